The zero-order chi connectivity index (χ0) is 13.3. The van der Waals surface area contributed by atoms with Gasteiger partial charge in [-0.05, 0) is 11.8 Å². The van der Waals surface area contributed by atoms with Crippen molar-refractivity contribution in [1.82, 2.24) is 4.90 Å². The molecule has 17 heavy (non-hydrogen) atoms. The van der Waals surface area contributed by atoms with Crippen LogP contribution >= 0.6 is 0 Å². The molecule has 2 N–H and O–H groups in total. The first-order valence-corrected chi connectivity index (χ1v) is 5.89. The molecule has 5 nitrogen and oxygen atoms in total. The zero-order valence-corrected chi connectivity index (χ0v) is 10.7. The van der Waals surface area contributed by atoms with Gasteiger partial charge >= 0.3 is 5.97 Å². The predicted octanol–water partition coefficient (Wildman–Crippen LogP) is 0.861. The van der Waals surface area contributed by atoms with Crippen LogP contribution in [0, 0.1) is 5.41 Å². The molecule has 0 unspecified atom stereocenters. The van der Waals surface area contributed by atoms with Crippen molar-refractivity contribution in [3.63, 3.8) is 0 Å². The fraction of sp³-hybridized carbons (Fsp3) is 0.833. The number of β-amino-alcohol motifs (C(OH)–C–C–N with tert-alkyl or cyclic N) is 1. The van der Waals surface area contributed by atoms with E-state index in [9.17, 15) is 14.7 Å². The van der Waals surface area contributed by atoms with Gasteiger partial charge in [-0.2, -0.15) is 0 Å². The second-order valence-electron chi connectivity index (χ2n) is 5.74. The highest BCUT2D eigenvalue weighted by molar-refractivity contribution is 5.79. The molecule has 0 spiro atoms. The van der Waals surface area contributed by atoms with Crippen LogP contribution in [0.5, 0.6) is 0 Å². The molecular formula is C12H21NO4. The van der Waals surface area contributed by atoms with Crippen molar-refractivity contribution in [1.29, 1.82) is 0 Å². The summed E-state index contributed by atoms with van der Waals surface area (Å²) in [7, 11) is 0. The lowest BCUT2D eigenvalue weighted by Gasteiger charge is -2.46. The Balaban J connectivity index is 2.44. The van der Waals surface area contributed by atoms with Crippen molar-refractivity contribution < 1.29 is 19.8 Å². The largest absolute Gasteiger partial charge is 0.481 e. The maximum Gasteiger partial charge on any atom is 0.303 e. The molecule has 0 bridgehead atoms. The molecule has 0 aliphatic carbocycles. The third-order valence-electron chi connectivity index (χ3n) is 3.24. The standard InChI is InChI=1S/C12H21NO4/c1-4-12(17)7-13(8-12)9(14)5-11(2,3)6-10(15)16/h17H,4-8H2,1-3H3,(H,15,16). The summed E-state index contributed by atoms with van der Waals surface area (Å²) in [6.45, 7) is 6.16. The lowest BCUT2D eigenvalue weighted by Crippen LogP contribution is -2.63. The number of carboxylic acid groups (broad SMARTS) is 1. The van der Waals surface area contributed by atoms with Gasteiger partial charge in [0.25, 0.3) is 0 Å². The average Bonchev–Trinajstić information content (AvgIpc) is 2.09. The highest BCUT2D eigenvalue weighted by Crippen LogP contribution is 2.30. The van der Waals surface area contributed by atoms with Crippen LogP contribution in [0.25, 0.3) is 0 Å². The summed E-state index contributed by atoms with van der Waals surface area (Å²) >= 11 is 0. The van der Waals surface area contributed by atoms with Gasteiger partial charge in [0, 0.05) is 6.42 Å². The molecule has 1 amide bonds. The molecule has 1 heterocycles. The Morgan fingerprint density at radius 2 is 1.82 bits per heavy atom. The second kappa shape index (κ2) is 4.64. The molecule has 1 saturated heterocycles. The SMILES string of the molecule is CCC1(O)CN(C(=O)CC(C)(C)CC(=O)O)C1. The smallest absolute Gasteiger partial charge is 0.303 e. The fourth-order valence-corrected chi connectivity index (χ4v) is 2.06. The first-order chi connectivity index (χ1) is 7.67. The molecule has 98 valence electrons. The predicted molar refractivity (Wildman–Crippen MR) is 62.5 cm³/mol. The summed E-state index contributed by atoms with van der Waals surface area (Å²) in [5.74, 6) is -0.967. The number of carbonyl (C=O) groups is 2. The molecule has 1 fully saturated rings. The van der Waals surface area contributed by atoms with E-state index in [1.165, 1.54) is 0 Å². The Morgan fingerprint density at radius 3 is 2.24 bits per heavy atom. The number of likely N-dealkylation sites (tertiary alicyclic amines) is 1. The highest BCUT2D eigenvalue weighted by Gasteiger charge is 2.42. The van der Waals surface area contributed by atoms with E-state index in [1.54, 1.807) is 18.7 Å². The number of carboxylic acids is 1. The van der Waals surface area contributed by atoms with Crippen LogP contribution in [-0.4, -0.2) is 45.7 Å². The lowest BCUT2D eigenvalue weighted by atomic mass is 9.83. The van der Waals surface area contributed by atoms with Crippen LogP contribution in [0.15, 0.2) is 0 Å². The van der Waals surface area contributed by atoms with Gasteiger partial charge in [-0.1, -0.05) is 20.8 Å². The number of aliphatic carboxylic acids is 1. The summed E-state index contributed by atoms with van der Waals surface area (Å²) in [5, 5.41) is 18.5. The second-order valence-corrected chi connectivity index (χ2v) is 5.74. The van der Waals surface area contributed by atoms with E-state index in [1.807, 2.05) is 6.92 Å². The molecule has 0 saturated carbocycles. The molecule has 0 atom stereocenters. The Morgan fingerprint density at radius 1 is 1.29 bits per heavy atom. The molecule has 1 aliphatic heterocycles. The van der Waals surface area contributed by atoms with Gasteiger partial charge in [-0.3, -0.25) is 9.59 Å². The van der Waals surface area contributed by atoms with Crippen molar-refractivity contribution in [2.24, 2.45) is 5.41 Å². The highest BCUT2D eigenvalue weighted by atomic mass is 16.4. The van der Waals surface area contributed by atoms with E-state index < -0.39 is 17.0 Å². The van der Waals surface area contributed by atoms with E-state index in [0.717, 1.165) is 0 Å². The van der Waals surface area contributed by atoms with Crippen LogP contribution in [0.4, 0.5) is 0 Å². The molecule has 0 aromatic carbocycles. The van der Waals surface area contributed by atoms with Crippen molar-refractivity contribution in [3.05, 3.63) is 0 Å². The zero-order valence-electron chi connectivity index (χ0n) is 10.7. The number of rotatable bonds is 5. The molecular weight excluding hydrogens is 222 g/mol. The van der Waals surface area contributed by atoms with Gasteiger partial charge in [0.1, 0.15) is 0 Å². The number of nitrogens with zero attached hydrogens (tertiary/aromatic N) is 1. The van der Waals surface area contributed by atoms with Crippen LogP contribution < -0.4 is 0 Å². The molecule has 0 aromatic heterocycles. The van der Waals surface area contributed by atoms with Gasteiger partial charge in [-0.25, -0.2) is 0 Å². The van der Waals surface area contributed by atoms with Gasteiger partial charge in [0.05, 0.1) is 25.1 Å². The van der Waals surface area contributed by atoms with Crippen molar-refractivity contribution in [3.8, 4) is 0 Å². The lowest BCUT2D eigenvalue weighted by molar-refractivity contribution is -0.158. The summed E-state index contributed by atoms with van der Waals surface area (Å²) in [5.41, 5.74) is -1.27. The Bertz CT molecular complexity index is 318. The quantitative estimate of drug-likeness (QED) is 0.750. The van der Waals surface area contributed by atoms with Crippen molar-refractivity contribution >= 4 is 11.9 Å². The van der Waals surface area contributed by atoms with Gasteiger partial charge in [0.2, 0.25) is 5.91 Å². The number of hydrogen-bond acceptors (Lipinski definition) is 3. The number of aliphatic hydroxyl groups is 1. The van der Waals surface area contributed by atoms with E-state index in [-0.39, 0.29) is 18.7 Å². The minimum Gasteiger partial charge on any atom is -0.481 e. The normalized spacial score (nSPS) is 18.7. The minimum atomic E-state index is -0.892. The minimum absolute atomic E-state index is 0.0232. The summed E-state index contributed by atoms with van der Waals surface area (Å²) in [6, 6.07) is 0. The van der Waals surface area contributed by atoms with E-state index in [4.69, 9.17) is 5.11 Å². The summed E-state index contributed by atoms with van der Waals surface area (Å²) in [6.07, 6.45) is 0.818. The maximum atomic E-state index is 11.8. The van der Waals surface area contributed by atoms with E-state index in [2.05, 4.69) is 0 Å². The van der Waals surface area contributed by atoms with Gasteiger partial charge in [0.15, 0.2) is 0 Å². The third kappa shape index (κ3) is 3.70. The maximum absolute atomic E-state index is 11.8. The molecule has 5 heteroatoms. The van der Waals surface area contributed by atoms with Crippen LogP contribution in [0.2, 0.25) is 0 Å². The van der Waals surface area contributed by atoms with Crippen LogP contribution in [0.1, 0.15) is 40.0 Å². The van der Waals surface area contributed by atoms with Crippen molar-refractivity contribution in [2.45, 2.75) is 45.6 Å². The summed E-state index contributed by atoms with van der Waals surface area (Å²) < 4.78 is 0. The first-order valence-electron chi connectivity index (χ1n) is 5.89. The first kappa shape index (κ1) is 14.0. The van der Waals surface area contributed by atoms with E-state index in [0.29, 0.717) is 19.5 Å². The van der Waals surface area contributed by atoms with Crippen LogP contribution in [0.3, 0.4) is 0 Å². The molecule has 1 rings (SSSR count). The summed E-state index contributed by atoms with van der Waals surface area (Å²) in [4.78, 5) is 24.1. The molecule has 0 radical (unpaired) electrons. The fourth-order valence-electron chi connectivity index (χ4n) is 2.06. The van der Waals surface area contributed by atoms with Gasteiger partial charge in [-0.15, -0.1) is 0 Å². The topological polar surface area (TPSA) is 77.8 Å². The van der Waals surface area contributed by atoms with Crippen molar-refractivity contribution in [2.75, 3.05) is 13.1 Å². The molecule has 1 aliphatic rings. The van der Waals surface area contributed by atoms with E-state index >= 15 is 0 Å². The molecule has 0 aromatic rings. The monoisotopic (exact) mass is 243 g/mol. The Labute approximate surface area is 101 Å². The Kier molecular flexibility index (Phi) is 3.81. The van der Waals surface area contributed by atoms with Crippen LogP contribution in [-0.2, 0) is 9.59 Å². The Hall–Kier alpha value is -1.10. The third-order valence-corrected chi connectivity index (χ3v) is 3.24. The number of amides is 1. The number of carbonyl (C=O) groups excluding carboxylic acids is 1. The average molecular weight is 243 g/mol. The number of hydrogen-bond donors (Lipinski definition) is 2. The van der Waals surface area contributed by atoms with Gasteiger partial charge < -0.3 is 15.1 Å².